The van der Waals surface area contributed by atoms with E-state index in [1.807, 2.05) is 0 Å². The van der Waals surface area contributed by atoms with Gasteiger partial charge in [0.25, 0.3) is 0 Å². The van der Waals surface area contributed by atoms with Crippen LogP contribution in [0.5, 0.6) is 0 Å². The molecule has 0 spiro atoms. The molecular weight excluding hydrogens is 230 g/mol. The largest absolute Gasteiger partial charge is 0.314 e. The molecule has 2 rings (SSSR count). The molecule has 1 nitrogen and oxygen atoms in total. The van der Waals surface area contributed by atoms with Crippen LogP contribution in [-0.2, 0) is 0 Å². The van der Waals surface area contributed by atoms with Crippen molar-refractivity contribution in [3.05, 3.63) is 0 Å². The van der Waals surface area contributed by atoms with Gasteiger partial charge < -0.3 is 5.32 Å². The molecule has 2 aliphatic carbocycles. The zero-order valence-corrected chi connectivity index (χ0v) is 13.5. The average molecular weight is 265 g/mol. The summed E-state index contributed by atoms with van der Waals surface area (Å²) in [5.41, 5.74) is 0. The molecule has 0 aromatic heterocycles. The molecular formula is C18H35N. The summed E-state index contributed by atoms with van der Waals surface area (Å²) in [6.07, 6.45) is 13.1. The molecule has 112 valence electrons. The second-order valence-electron chi connectivity index (χ2n) is 7.89. The first-order valence-electron chi connectivity index (χ1n) is 8.87. The Balaban J connectivity index is 1.65. The third-order valence-corrected chi connectivity index (χ3v) is 5.42. The van der Waals surface area contributed by atoms with Gasteiger partial charge in [-0.25, -0.2) is 0 Å². The van der Waals surface area contributed by atoms with Gasteiger partial charge in [0, 0.05) is 6.04 Å². The minimum Gasteiger partial charge on any atom is -0.314 e. The van der Waals surface area contributed by atoms with Gasteiger partial charge >= 0.3 is 0 Å². The Morgan fingerprint density at radius 1 is 0.947 bits per heavy atom. The smallest absolute Gasteiger partial charge is 0.00698 e. The maximum atomic E-state index is 3.91. The maximum absolute atomic E-state index is 3.91. The van der Waals surface area contributed by atoms with Crippen LogP contribution in [0.25, 0.3) is 0 Å². The maximum Gasteiger partial charge on any atom is 0.00698 e. The molecule has 1 heteroatoms. The summed E-state index contributed by atoms with van der Waals surface area (Å²) in [7, 11) is 0. The molecule has 0 aromatic rings. The third-order valence-electron chi connectivity index (χ3n) is 5.42. The predicted molar refractivity (Wildman–Crippen MR) is 84.3 cm³/mol. The van der Waals surface area contributed by atoms with E-state index in [-0.39, 0.29) is 0 Å². The topological polar surface area (TPSA) is 12.0 Å². The Morgan fingerprint density at radius 3 is 2.37 bits per heavy atom. The van der Waals surface area contributed by atoms with E-state index in [9.17, 15) is 0 Å². The van der Waals surface area contributed by atoms with Gasteiger partial charge in [-0.3, -0.25) is 0 Å². The van der Waals surface area contributed by atoms with Crippen molar-refractivity contribution in [1.82, 2.24) is 5.32 Å². The molecule has 2 aliphatic rings. The first kappa shape index (κ1) is 15.4. The van der Waals surface area contributed by atoms with Crippen LogP contribution in [0.4, 0.5) is 0 Å². The van der Waals surface area contributed by atoms with Gasteiger partial charge in [0.1, 0.15) is 0 Å². The quantitative estimate of drug-likeness (QED) is 0.737. The molecule has 2 saturated carbocycles. The summed E-state index contributed by atoms with van der Waals surface area (Å²) in [5, 5.41) is 3.91. The highest BCUT2D eigenvalue weighted by Gasteiger charge is 2.24. The lowest BCUT2D eigenvalue weighted by Gasteiger charge is -2.33. The van der Waals surface area contributed by atoms with Crippen molar-refractivity contribution in [2.75, 3.05) is 6.54 Å². The van der Waals surface area contributed by atoms with E-state index in [2.05, 4.69) is 26.1 Å². The number of hydrogen-bond donors (Lipinski definition) is 1. The minimum atomic E-state index is 0.830. The summed E-state index contributed by atoms with van der Waals surface area (Å²) in [5.74, 6) is 3.84. The van der Waals surface area contributed by atoms with Gasteiger partial charge in [-0.1, -0.05) is 46.5 Å². The standard InChI is InChI=1S/C18H35N/c1-14(2)11-17-5-4-6-18(12-17)19-13-16-9-7-15(3)8-10-16/h14-19H,4-13H2,1-3H3. The monoisotopic (exact) mass is 265 g/mol. The van der Waals surface area contributed by atoms with Gasteiger partial charge in [-0.15, -0.1) is 0 Å². The van der Waals surface area contributed by atoms with Crippen LogP contribution in [-0.4, -0.2) is 12.6 Å². The molecule has 0 amide bonds. The molecule has 0 aliphatic heterocycles. The Labute approximate surface area is 120 Å². The highest BCUT2D eigenvalue weighted by atomic mass is 14.9. The fraction of sp³-hybridized carbons (Fsp3) is 1.00. The van der Waals surface area contributed by atoms with E-state index in [0.29, 0.717) is 0 Å². The molecule has 0 aromatic carbocycles. The highest BCUT2D eigenvalue weighted by molar-refractivity contribution is 4.80. The fourth-order valence-electron chi connectivity index (χ4n) is 4.22. The Morgan fingerprint density at radius 2 is 1.68 bits per heavy atom. The molecule has 0 heterocycles. The fourth-order valence-corrected chi connectivity index (χ4v) is 4.22. The van der Waals surface area contributed by atoms with Crippen molar-refractivity contribution in [3.8, 4) is 0 Å². The third kappa shape index (κ3) is 5.45. The summed E-state index contributed by atoms with van der Waals surface area (Å²) >= 11 is 0. The second kappa shape index (κ2) is 7.67. The first-order chi connectivity index (χ1) is 9.13. The molecule has 0 saturated heterocycles. The van der Waals surface area contributed by atoms with E-state index in [1.54, 1.807) is 0 Å². The lowest BCUT2D eigenvalue weighted by atomic mass is 9.80. The van der Waals surface area contributed by atoms with Gasteiger partial charge in [0.05, 0.1) is 0 Å². The van der Waals surface area contributed by atoms with Crippen LogP contribution >= 0.6 is 0 Å². The molecule has 0 bridgehead atoms. The van der Waals surface area contributed by atoms with Gasteiger partial charge in [-0.2, -0.15) is 0 Å². The zero-order chi connectivity index (χ0) is 13.7. The normalized spacial score (nSPS) is 36.6. The Bertz CT molecular complexity index is 240. The van der Waals surface area contributed by atoms with E-state index >= 15 is 0 Å². The van der Waals surface area contributed by atoms with E-state index in [1.165, 1.54) is 64.3 Å². The van der Waals surface area contributed by atoms with Crippen LogP contribution in [0.1, 0.15) is 78.6 Å². The van der Waals surface area contributed by atoms with Crippen LogP contribution in [0.2, 0.25) is 0 Å². The molecule has 0 radical (unpaired) electrons. The SMILES string of the molecule is CC(C)CC1CCCC(NCC2CCC(C)CC2)C1. The van der Waals surface area contributed by atoms with Crippen LogP contribution in [0.15, 0.2) is 0 Å². The van der Waals surface area contributed by atoms with Crippen LogP contribution < -0.4 is 5.32 Å². The first-order valence-corrected chi connectivity index (χ1v) is 8.87. The molecule has 1 N–H and O–H groups in total. The van der Waals surface area contributed by atoms with E-state index < -0.39 is 0 Å². The lowest BCUT2D eigenvalue weighted by molar-refractivity contribution is 0.227. The van der Waals surface area contributed by atoms with Crippen molar-refractivity contribution in [3.63, 3.8) is 0 Å². The van der Waals surface area contributed by atoms with Crippen molar-refractivity contribution in [2.45, 2.75) is 84.6 Å². The zero-order valence-electron chi connectivity index (χ0n) is 13.5. The molecule has 2 unspecified atom stereocenters. The van der Waals surface area contributed by atoms with Crippen molar-refractivity contribution in [2.24, 2.45) is 23.7 Å². The summed E-state index contributed by atoms with van der Waals surface area (Å²) in [6.45, 7) is 8.47. The number of rotatable bonds is 5. The number of hydrogen-bond acceptors (Lipinski definition) is 1. The molecule has 2 atom stereocenters. The predicted octanol–water partition coefficient (Wildman–Crippen LogP) is 5.01. The number of nitrogens with one attached hydrogen (secondary N) is 1. The van der Waals surface area contributed by atoms with Crippen molar-refractivity contribution >= 4 is 0 Å². The van der Waals surface area contributed by atoms with Gasteiger partial charge in [0.2, 0.25) is 0 Å². The van der Waals surface area contributed by atoms with E-state index in [0.717, 1.165) is 29.7 Å². The Hall–Kier alpha value is -0.0400. The Kier molecular flexibility index (Phi) is 6.19. The summed E-state index contributed by atoms with van der Waals surface area (Å²) in [4.78, 5) is 0. The van der Waals surface area contributed by atoms with E-state index in [4.69, 9.17) is 0 Å². The van der Waals surface area contributed by atoms with Gasteiger partial charge in [0.15, 0.2) is 0 Å². The molecule has 2 fully saturated rings. The minimum absolute atomic E-state index is 0.830. The van der Waals surface area contributed by atoms with Crippen molar-refractivity contribution < 1.29 is 0 Å². The summed E-state index contributed by atoms with van der Waals surface area (Å²) in [6, 6.07) is 0.830. The summed E-state index contributed by atoms with van der Waals surface area (Å²) < 4.78 is 0. The molecule has 19 heavy (non-hydrogen) atoms. The highest BCUT2D eigenvalue weighted by Crippen LogP contribution is 2.31. The van der Waals surface area contributed by atoms with Crippen LogP contribution in [0.3, 0.4) is 0 Å². The van der Waals surface area contributed by atoms with Crippen molar-refractivity contribution in [1.29, 1.82) is 0 Å². The van der Waals surface area contributed by atoms with Gasteiger partial charge in [-0.05, 0) is 62.3 Å². The van der Waals surface area contributed by atoms with Crippen LogP contribution in [0, 0.1) is 23.7 Å². The lowest BCUT2D eigenvalue weighted by Crippen LogP contribution is -2.38. The second-order valence-corrected chi connectivity index (χ2v) is 7.89. The average Bonchev–Trinajstić information content (AvgIpc) is 2.38.